The maximum atomic E-state index is 5.20. The number of rotatable bonds is 6. The van der Waals surface area contributed by atoms with Crippen LogP contribution < -0.4 is 0 Å². The lowest BCUT2D eigenvalue weighted by molar-refractivity contribution is 0.222. The molecule has 0 spiro atoms. The molecule has 0 aromatic rings. The van der Waals surface area contributed by atoms with Gasteiger partial charge in [-0.1, -0.05) is 27.7 Å². The summed E-state index contributed by atoms with van der Waals surface area (Å²) in [6, 6.07) is 0. The Morgan fingerprint density at radius 3 is 1.88 bits per heavy atom. The molecule has 3 heteroatoms. The molecule has 3 atom stereocenters. The van der Waals surface area contributed by atoms with Crippen LogP contribution in [0.15, 0.2) is 0 Å². The molecule has 0 amide bonds. The molecule has 2 fully saturated rings. The topological polar surface area (TPSA) is 18.5 Å². The number of fused-ring (bicyclic) bond motifs is 1. The SMILES string of the molecule is CC1C2CCC12C.CCCO[SiH2]OCCC. The molecule has 16 heavy (non-hydrogen) atoms. The first kappa shape index (κ1) is 14.2. The average Bonchev–Trinajstić information content (AvgIpc) is 2.62. The van der Waals surface area contributed by atoms with Crippen molar-refractivity contribution < 1.29 is 8.85 Å². The van der Waals surface area contributed by atoms with Crippen LogP contribution in [0.3, 0.4) is 0 Å². The van der Waals surface area contributed by atoms with Gasteiger partial charge in [-0.15, -0.1) is 0 Å². The monoisotopic (exact) mass is 244 g/mol. The van der Waals surface area contributed by atoms with Crippen molar-refractivity contribution in [3.8, 4) is 0 Å². The van der Waals surface area contributed by atoms with Crippen LogP contribution in [0.5, 0.6) is 0 Å². The fourth-order valence-electron chi connectivity index (χ4n) is 2.62. The van der Waals surface area contributed by atoms with E-state index in [1.165, 1.54) is 12.8 Å². The first-order valence-electron chi connectivity index (χ1n) is 6.82. The quantitative estimate of drug-likeness (QED) is 0.528. The van der Waals surface area contributed by atoms with Crippen molar-refractivity contribution in [3.05, 3.63) is 0 Å². The lowest BCUT2D eigenvalue weighted by Crippen LogP contribution is -2.08. The van der Waals surface area contributed by atoms with Gasteiger partial charge in [-0.3, -0.25) is 0 Å². The van der Waals surface area contributed by atoms with E-state index in [1.54, 1.807) is 0 Å². The van der Waals surface area contributed by atoms with Gasteiger partial charge in [-0.2, -0.15) is 0 Å². The van der Waals surface area contributed by atoms with Crippen LogP contribution in [0.4, 0.5) is 0 Å². The van der Waals surface area contributed by atoms with Crippen molar-refractivity contribution >= 4 is 10.0 Å². The van der Waals surface area contributed by atoms with E-state index in [2.05, 4.69) is 27.7 Å². The molecule has 2 saturated carbocycles. The summed E-state index contributed by atoms with van der Waals surface area (Å²) >= 11 is 0. The van der Waals surface area contributed by atoms with Gasteiger partial charge in [0.15, 0.2) is 0 Å². The zero-order valence-electron chi connectivity index (χ0n) is 11.4. The van der Waals surface area contributed by atoms with Crippen LogP contribution >= 0.6 is 0 Å². The highest BCUT2D eigenvalue weighted by molar-refractivity contribution is 6.17. The predicted octanol–water partition coefficient (Wildman–Crippen LogP) is 2.89. The molecule has 0 heterocycles. The number of hydrogen-bond acceptors (Lipinski definition) is 2. The van der Waals surface area contributed by atoms with Crippen molar-refractivity contribution in [2.75, 3.05) is 13.2 Å². The summed E-state index contributed by atoms with van der Waals surface area (Å²) in [5, 5.41) is 0. The van der Waals surface area contributed by atoms with E-state index in [-0.39, 0.29) is 0 Å². The first-order chi connectivity index (χ1) is 7.66. The molecule has 2 rings (SSSR count). The van der Waals surface area contributed by atoms with Crippen molar-refractivity contribution in [1.82, 2.24) is 0 Å². The highest BCUT2D eigenvalue weighted by Crippen LogP contribution is 2.71. The largest absolute Gasteiger partial charge is 0.399 e. The van der Waals surface area contributed by atoms with Crippen LogP contribution in [-0.4, -0.2) is 23.2 Å². The summed E-state index contributed by atoms with van der Waals surface area (Å²) in [4.78, 5) is 0. The molecule has 0 aromatic carbocycles. The molecular weight excluding hydrogens is 216 g/mol. The summed E-state index contributed by atoms with van der Waals surface area (Å²) in [7, 11) is -0.611. The minimum atomic E-state index is -0.611. The molecule has 3 unspecified atom stereocenters. The first-order valence-corrected chi connectivity index (χ1v) is 7.97. The Balaban J connectivity index is 0.000000163. The smallest absolute Gasteiger partial charge is 0.304 e. The molecule has 0 radical (unpaired) electrons. The lowest BCUT2D eigenvalue weighted by Gasteiger charge is -2.18. The van der Waals surface area contributed by atoms with Gasteiger partial charge >= 0.3 is 10.0 Å². The van der Waals surface area contributed by atoms with Gasteiger partial charge in [0.1, 0.15) is 0 Å². The maximum Gasteiger partial charge on any atom is 0.304 e. The van der Waals surface area contributed by atoms with Crippen molar-refractivity contribution in [2.24, 2.45) is 17.3 Å². The van der Waals surface area contributed by atoms with E-state index in [0.717, 1.165) is 43.3 Å². The normalized spacial score (nSPS) is 34.5. The van der Waals surface area contributed by atoms with E-state index >= 15 is 0 Å². The van der Waals surface area contributed by atoms with E-state index in [1.807, 2.05) is 0 Å². The average molecular weight is 244 g/mol. The zero-order chi connectivity index (χ0) is 12.0. The van der Waals surface area contributed by atoms with Crippen LogP contribution in [0, 0.1) is 17.3 Å². The summed E-state index contributed by atoms with van der Waals surface area (Å²) in [5.41, 5.74) is 0.847. The lowest BCUT2D eigenvalue weighted by atomic mass is 9.87. The Hall–Kier alpha value is 0.137. The minimum Gasteiger partial charge on any atom is -0.399 e. The standard InChI is InChI=1S/C7H12.C6H16O2Si/c1-5-6-3-4-7(5,6)2;1-3-5-7-9-8-6-4-2/h5-6H,3-4H2,1-2H3;3-6,9H2,1-2H3. The summed E-state index contributed by atoms with van der Waals surface area (Å²) in [6.07, 6.45) is 5.24. The second-order valence-corrected chi connectivity index (χ2v) is 6.43. The van der Waals surface area contributed by atoms with Crippen molar-refractivity contribution in [1.29, 1.82) is 0 Å². The highest BCUT2D eigenvalue weighted by Gasteiger charge is 2.64. The van der Waals surface area contributed by atoms with Gasteiger partial charge in [0.25, 0.3) is 0 Å². The van der Waals surface area contributed by atoms with E-state index < -0.39 is 10.0 Å². The molecule has 2 aliphatic carbocycles. The summed E-state index contributed by atoms with van der Waals surface area (Å²) in [6.45, 7) is 10.8. The molecule has 0 aromatic heterocycles. The fraction of sp³-hybridized carbons (Fsp3) is 1.00. The fourth-order valence-corrected chi connectivity index (χ4v) is 3.55. The molecule has 2 aliphatic rings. The molecule has 0 N–H and O–H groups in total. The van der Waals surface area contributed by atoms with Crippen molar-refractivity contribution in [2.45, 2.75) is 53.4 Å². The molecule has 0 saturated heterocycles. The molecule has 2 nitrogen and oxygen atoms in total. The Morgan fingerprint density at radius 1 is 1.19 bits per heavy atom. The molecular formula is C13H28O2Si. The third kappa shape index (κ3) is 3.57. The van der Waals surface area contributed by atoms with Gasteiger partial charge in [0.2, 0.25) is 0 Å². The molecule has 0 bridgehead atoms. The summed E-state index contributed by atoms with van der Waals surface area (Å²) in [5.74, 6) is 2.22. The Labute approximate surface area is 103 Å². The third-order valence-electron chi connectivity index (χ3n) is 4.24. The Morgan fingerprint density at radius 2 is 1.69 bits per heavy atom. The van der Waals surface area contributed by atoms with E-state index in [4.69, 9.17) is 8.85 Å². The van der Waals surface area contributed by atoms with Gasteiger partial charge in [0.05, 0.1) is 0 Å². The van der Waals surface area contributed by atoms with Crippen molar-refractivity contribution in [3.63, 3.8) is 0 Å². The van der Waals surface area contributed by atoms with Crippen LogP contribution in [-0.2, 0) is 8.85 Å². The highest BCUT2D eigenvalue weighted by atomic mass is 28.3. The van der Waals surface area contributed by atoms with Gasteiger partial charge in [-0.25, -0.2) is 0 Å². The summed E-state index contributed by atoms with van der Waals surface area (Å²) < 4.78 is 10.4. The predicted molar refractivity (Wildman–Crippen MR) is 71.0 cm³/mol. The van der Waals surface area contributed by atoms with Gasteiger partial charge in [0, 0.05) is 13.2 Å². The Bertz CT molecular complexity index is 186. The minimum absolute atomic E-state index is 0.611. The van der Waals surface area contributed by atoms with Crippen LogP contribution in [0.2, 0.25) is 0 Å². The number of hydrogen-bond donors (Lipinski definition) is 0. The van der Waals surface area contributed by atoms with Crippen LogP contribution in [0.25, 0.3) is 0 Å². The molecule has 96 valence electrons. The van der Waals surface area contributed by atoms with Crippen LogP contribution in [0.1, 0.15) is 53.4 Å². The third-order valence-corrected chi connectivity index (χ3v) is 5.15. The van der Waals surface area contributed by atoms with E-state index in [9.17, 15) is 0 Å². The second-order valence-electron chi connectivity index (χ2n) is 5.37. The van der Waals surface area contributed by atoms with E-state index in [0.29, 0.717) is 0 Å². The second kappa shape index (κ2) is 6.77. The van der Waals surface area contributed by atoms with Gasteiger partial charge < -0.3 is 8.85 Å². The van der Waals surface area contributed by atoms with Gasteiger partial charge in [-0.05, 0) is 42.9 Å². The Kier molecular flexibility index (Phi) is 6.01. The zero-order valence-corrected chi connectivity index (χ0v) is 12.8. The molecule has 0 aliphatic heterocycles. The maximum absolute atomic E-state index is 5.20.